The van der Waals surface area contributed by atoms with Gasteiger partial charge in [0.05, 0.1) is 0 Å². The molecule has 29 heavy (non-hydrogen) atoms. The minimum atomic E-state index is -0.533. The van der Waals surface area contributed by atoms with Gasteiger partial charge in [-0.2, -0.15) is 0 Å². The third kappa shape index (κ3) is 6.04. The molecule has 1 fully saturated rings. The van der Waals surface area contributed by atoms with E-state index < -0.39 is 12.3 Å². The lowest BCUT2D eigenvalue weighted by atomic mass is 9.69. The summed E-state index contributed by atoms with van der Waals surface area (Å²) in [6, 6.07) is 0.1000. The molecule has 0 aromatic carbocycles. The van der Waals surface area contributed by atoms with Crippen LogP contribution in [-0.4, -0.2) is 34.9 Å². The molecule has 162 valence electrons. The molecule has 2 rings (SSSR count). The number of alkyl halides is 1. The molecule has 1 amide bonds. The van der Waals surface area contributed by atoms with Crippen molar-refractivity contribution >= 4 is 11.6 Å². The lowest BCUT2D eigenvalue weighted by molar-refractivity contribution is -0.132. The monoisotopic (exact) mass is 402 g/mol. The van der Waals surface area contributed by atoms with E-state index in [-0.39, 0.29) is 17.4 Å². The fourth-order valence-electron chi connectivity index (χ4n) is 4.45. The van der Waals surface area contributed by atoms with Crippen LogP contribution in [0.15, 0.2) is 28.8 Å². The van der Waals surface area contributed by atoms with E-state index in [9.17, 15) is 9.18 Å². The van der Waals surface area contributed by atoms with Crippen molar-refractivity contribution in [2.24, 2.45) is 16.3 Å². The van der Waals surface area contributed by atoms with E-state index in [4.69, 9.17) is 4.99 Å². The highest BCUT2D eigenvalue weighted by Gasteiger charge is 2.50. The molecule has 0 N–H and O–H groups in total. The van der Waals surface area contributed by atoms with Gasteiger partial charge in [-0.25, -0.2) is 4.39 Å². The third-order valence-electron chi connectivity index (χ3n) is 5.80. The number of hydrogen-bond donors (Lipinski definition) is 0. The van der Waals surface area contributed by atoms with Crippen LogP contribution in [0.5, 0.6) is 0 Å². The molecule has 1 heterocycles. The van der Waals surface area contributed by atoms with Crippen molar-refractivity contribution in [1.29, 1.82) is 0 Å². The highest BCUT2D eigenvalue weighted by Crippen LogP contribution is 2.47. The van der Waals surface area contributed by atoms with Crippen molar-refractivity contribution in [3.63, 3.8) is 0 Å². The average molecular weight is 403 g/mol. The predicted octanol–water partition coefficient (Wildman–Crippen LogP) is 6.11. The fourth-order valence-corrected chi connectivity index (χ4v) is 4.45. The standard InChI is InChI=1S/C22H35FN2O.C3H4/c1-7-9-17(10-8-15-23)19-20(26)25(16(2)3)22(24-19)13-11-18(12-14-22)21(4,5)6;1-3-2/h8-10,16,18H,7,11-15H2,1-6H3;1H,2H3/b10-8-,17-9+;. The Hall–Kier alpha value is -1.89. The van der Waals surface area contributed by atoms with Crippen LogP contribution in [0, 0.1) is 23.7 Å². The number of amides is 1. The van der Waals surface area contributed by atoms with Crippen molar-refractivity contribution in [3.05, 3.63) is 23.8 Å². The van der Waals surface area contributed by atoms with Gasteiger partial charge < -0.3 is 4.90 Å². The smallest absolute Gasteiger partial charge is 0.274 e. The number of carbonyl (C=O) groups excluding carboxylic acids is 1. The Morgan fingerprint density at radius 3 is 2.34 bits per heavy atom. The van der Waals surface area contributed by atoms with Crippen LogP contribution >= 0.6 is 0 Å². The molecule has 3 nitrogen and oxygen atoms in total. The molecule has 1 saturated carbocycles. The van der Waals surface area contributed by atoms with Crippen LogP contribution < -0.4 is 0 Å². The second-order valence-corrected chi connectivity index (χ2v) is 9.27. The molecule has 4 heteroatoms. The third-order valence-corrected chi connectivity index (χ3v) is 5.80. The summed E-state index contributed by atoms with van der Waals surface area (Å²) in [5, 5.41) is 0. The highest BCUT2D eigenvalue weighted by atomic mass is 19.1. The summed E-state index contributed by atoms with van der Waals surface area (Å²) in [6.07, 6.45) is 14.5. The molecular formula is C25H39FN2O. The number of hydrogen-bond acceptors (Lipinski definition) is 2. The van der Waals surface area contributed by atoms with Crippen molar-refractivity contribution in [3.8, 4) is 12.3 Å². The van der Waals surface area contributed by atoms with Crippen LogP contribution in [0.3, 0.4) is 0 Å². The summed E-state index contributed by atoms with van der Waals surface area (Å²) in [5.74, 6) is 2.91. The minimum Gasteiger partial charge on any atom is -0.310 e. The molecule has 2 aliphatic rings. The Bertz CT molecular complexity index is 681. The van der Waals surface area contributed by atoms with E-state index >= 15 is 0 Å². The lowest BCUT2D eigenvalue weighted by Gasteiger charge is -2.46. The number of nitrogens with zero attached hydrogens (tertiary/aromatic N) is 2. The van der Waals surface area contributed by atoms with Crippen molar-refractivity contribution in [2.75, 3.05) is 6.67 Å². The molecule has 0 aromatic rings. The quantitative estimate of drug-likeness (QED) is 0.403. The number of carbonyl (C=O) groups is 1. The molecule has 0 unspecified atom stereocenters. The summed E-state index contributed by atoms with van der Waals surface area (Å²) in [6.45, 7) is 14.2. The second kappa shape index (κ2) is 10.8. The first-order valence-electron chi connectivity index (χ1n) is 10.8. The van der Waals surface area contributed by atoms with Crippen LogP contribution in [-0.2, 0) is 4.79 Å². The molecule has 0 saturated heterocycles. The van der Waals surface area contributed by atoms with Gasteiger partial charge in [0.15, 0.2) is 0 Å². The van der Waals surface area contributed by atoms with E-state index in [0.29, 0.717) is 11.6 Å². The molecule has 0 bridgehead atoms. The summed E-state index contributed by atoms with van der Waals surface area (Å²) in [5.41, 5.74) is 1.14. The Morgan fingerprint density at radius 1 is 1.38 bits per heavy atom. The maximum atomic E-state index is 13.2. The van der Waals surface area contributed by atoms with Gasteiger partial charge in [-0.15, -0.1) is 12.3 Å². The summed E-state index contributed by atoms with van der Waals surface area (Å²) >= 11 is 0. The van der Waals surface area contributed by atoms with E-state index in [0.717, 1.165) is 37.7 Å². The lowest BCUT2D eigenvalue weighted by Crippen LogP contribution is -2.52. The molecule has 1 spiro atoms. The molecule has 0 atom stereocenters. The zero-order valence-corrected chi connectivity index (χ0v) is 19.4. The van der Waals surface area contributed by atoms with Crippen LogP contribution in [0.2, 0.25) is 0 Å². The second-order valence-electron chi connectivity index (χ2n) is 9.27. The van der Waals surface area contributed by atoms with Crippen molar-refractivity contribution in [2.45, 2.75) is 92.3 Å². The largest absolute Gasteiger partial charge is 0.310 e. The van der Waals surface area contributed by atoms with E-state index in [1.807, 2.05) is 17.9 Å². The minimum absolute atomic E-state index is 0.00239. The van der Waals surface area contributed by atoms with Gasteiger partial charge >= 0.3 is 0 Å². The molecule has 0 aromatic heterocycles. The maximum Gasteiger partial charge on any atom is 0.274 e. The number of halogens is 1. The van der Waals surface area contributed by atoms with Gasteiger partial charge in [0, 0.05) is 11.6 Å². The molecule has 0 radical (unpaired) electrons. The Morgan fingerprint density at radius 2 is 1.93 bits per heavy atom. The molecule has 1 aliphatic carbocycles. The Balaban J connectivity index is 0.00000132. The van der Waals surface area contributed by atoms with Crippen LogP contribution in [0.1, 0.15) is 80.6 Å². The summed E-state index contributed by atoms with van der Waals surface area (Å²) < 4.78 is 12.6. The highest BCUT2D eigenvalue weighted by molar-refractivity contribution is 6.47. The predicted molar refractivity (Wildman–Crippen MR) is 122 cm³/mol. The van der Waals surface area contributed by atoms with Crippen LogP contribution in [0.4, 0.5) is 4.39 Å². The number of allylic oxidation sites excluding steroid dienone is 3. The van der Waals surface area contributed by atoms with Gasteiger partial charge in [0.2, 0.25) is 0 Å². The molecule has 1 aliphatic heterocycles. The van der Waals surface area contributed by atoms with Gasteiger partial charge in [-0.3, -0.25) is 9.79 Å². The van der Waals surface area contributed by atoms with E-state index in [1.54, 1.807) is 13.0 Å². The van der Waals surface area contributed by atoms with Crippen molar-refractivity contribution in [1.82, 2.24) is 4.90 Å². The summed E-state index contributed by atoms with van der Waals surface area (Å²) in [7, 11) is 0. The Kier molecular flexibility index (Phi) is 9.33. The normalized spacial score (nSPS) is 25.3. The van der Waals surface area contributed by atoms with Crippen molar-refractivity contribution < 1.29 is 9.18 Å². The first-order chi connectivity index (χ1) is 13.6. The SMILES string of the molecule is C#CC.CC/C=C(\C=C/CF)C1=NC2(CCC(C(C)(C)C)CC2)N(C(C)C)C1=O. The summed E-state index contributed by atoms with van der Waals surface area (Å²) in [4.78, 5) is 20.2. The van der Waals surface area contributed by atoms with E-state index in [2.05, 4.69) is 47.0 Å². The van der Waals surface area contributed by atoms with Gasteiger partial charge in [-0.05, 0) is 64.2 Å². The average Bonchev–Trinajstić information content (AvgIpc) is 2.91. The first kappa shape index (κ1) is 25.1. The number of aliphatic imine (C=N–C) groups is 1. The number of rotatable bonds is 5. The van der Waals surface area contributed by atoms with Gasteiger partial charge in [-0.1, -0.05) is 45.9 Å². The van der Waals surface area contributed by atoms with Crippen LogP contribution in [0.25, 0.3) is 0 Å². The molecular weight excluding hydrogens is 363 g/mol. The zero-order valence-electron chi connectivity index (χ0n) is 19.4. The first-order valence-corrected chi connectivity index (χ1v) is 10.8. The fraction of sp³-hybridized carbons (Fsp3) is 0.680. The zero-order chi connectivity index (χ0) is 22.2. The number of terminal acetylenes is 1. The maximum absolute atomic E-state index is 13.2. The van der Waals surface area contributed by atoms with Gasteiger partial charge in [0.25, 0.3) is 5.91 Å². The topological polar surface area (TPSA) is 32.7 Å². The Labute approximate surface area is 177 Å². The van der Waals surface area contributed by atoms with Gasteiger partial charge in [0.1, 0.15) is 18.0 Å². The van der Waals surface area contributed by atoms with E-state index in [1.165, 1.54) is 6.08 Å².